The molecule has 0 aliphatic carbocycles. The second kappa shape index (κ2) is 4.94. The summed E-state index contributed by atoms with van der Waals surface area (Å²) in [6.45, 7) is 4.44. The Morgan fingerprint density at radius 2 is 2.13 bits per heavy atom. The van der Waals surface area contributed by atoms with Crippen LogP contribution in [0.2, 0.25) is 0 Å². The molecule has 0 aromatic carbocycles. The first kappa shape index (κ1) is 10.9. The summed E-state index contributed by atoms with van der Waals surface area (Å²) in [5.41, 5.74) is 0. The predicted octanol–water partition coefficient (Wildman–Crippen LogP) is 1.15. The largest absolute Gasteiger partial charge is 0.353 e. The highest BCUT2D eigenvalue weighted by atomic mass is 16.7. The monoisotopic (exact) mass is 213 g/mol. The summed E-state index contributed by atoms with van der Waals surface area (Å²) in [7, 11) is 0. The van der Waals surface area contributed by atoms with Gasteiger partial charge in [-0.05, 0) is 19.8 Å². The average Bonchev–Trinajstić information content (AvgIpc) is 2.58. The van der Waals surface area contributed by atoms with Crippen molar-refractivity contribution >= 4 is 5.91 Å². The van der Waals surface area contributed by atoms with Gasteiger partial charge >= 0.3 is 0 Å². The van der Waals surface area contributed by atoms with Gasteiger partial charge in [-0.2, -0.15) is 0 Å². The number of amides is 1. The minimum Gasteiger partial charge on any atom is -0.353 e. The molecular formula is C11H19NO3. The van der Waals surface area contributed by atoms with E-state index in [0.717, 1.165) is 39.0 Å². The number of nitrogens with zero attached hydrogens (tertiary/aromatic N) is 1. The van der Waals surface area contributed by atoms with Gasteiger partial charge in [-0.25, -0.2) is 0 Å². The summed E-state index contributed by atoms with van der Waals surface area (Å²) in [5.74, 6) is 0.276. The van der Waals surface area contributed by atoms with Gasteiger partial charge in [0.2, 0.25) is 5.91 Å². The van der Waals surface area contributed by atoms with E-state index in [2.05, 4.69) is 6.92 Å². The van der Waals surface area contributed by atoms with Gasteiger partial charge in [-0.15, -0.1) is 0 Å². The van der Waals surface area contributed by atoms with Crippen LogP contribution in [0.4, 0.5) is 0 Å². The molecule has 1 unspecified atom stereocenters. The van der Waals surface area contributed by atoms with E-state index in [-0.39, 0.29) is 12.2 Å². The second-order valence-corrected chi connectivity index (χ2v) is 4.29. The summed E-state index contributed by atoms with van der Waals surface area (Å²) >= 11 is 0. The molecule has 4 nitrogen and oxygen atoms in total. The maximum atomic E-state index is 11.5. The minimum atomic E-state index is -0.0978. The van der Waals surface area contributed by atoms with Crippen LogP contribution in [-0.4, -0.2) is 42.9 Å². The van der Waals surface area contributed by atoms with Crippen LogP contribution in [0.3, 0.4) is 0 Å². The van der Waals surface area contributed by atoms with Gasteiger partial charge in [0, 0.05) is 25.4 Å². The molecule has 4 heteroatoms. The highest BCUT2D eigenvalue weighted by Crippen LogP contribution is 2.19. The zero-order valence-corrected chi connectivity index (χ0v) is 9.28. The Labute approximate surface area is 90.5 Å². The molecule has 15 heavy (non-hydrogen) atoms. The van der Waals surface area contributed by atoms with Gasteiger partial charge in [0.25, 0.3) is 0 Å². The predicted molar refractivity (Wildman–Crippen MR) is 55.3 cm³/mol. The zero-order valence-electron chi connectivity index (χ0n) is 9.28. The molecule has 2 fully saturated rings. The van der Waals surface area contributed by atoms with Crippen LogP contribution in [0.15, 0.2) is 0 Å². The van der Waals surface area contributed by atoms with Crippen molar-refractivity contribution in [3.8, 4) is 0 Å². The normalized spacial score (nSPS) is 28.7. The van der Waals surface area contributed by atoms with Crippen molar-refractivity contribution in [1.82, 2.24) is 4.90 Å². The molecule has 0 radical (unpaired) electrons. The first-order valence-corrected chi connectivity index (χ1v) is 5.80. The first-order chi connectivity index (χ1) is 7.27. The van der Waals surface area contributed by atoms with Crippen molar-refractivity contribution in [1.29, 1.82) is 0 Å². The molecule has 0 saturated carbocycles. The van der Waals surface area contributed by atoms with E-state index in [4.69, 9.17) is 9.47 Å². The Morgan fingerprint density at radius 3 is 2.73 bits per heavy atom. The summed E-state index contributed by atoms with van der Waals surface area (Å²) in [6.07, 6.45) is 3.38. The minimum absolute atomic E-state index is 0.0978. The van der Waals surface area contributed by atoms with Crippen LogP contribution in [0, 0.1) is 0 Å². The lowest BCUT2D eigenvalue weighted by Gasteiger charge is -2.27. The smallest absolute Gasteiger partial charge is 0.222 e. The molecule has 1 amide bonds. The number of hydrogen-bond donors (Lipinski definition) is 0. The van der Waals surface area contributed by atoms with Crippen LogP contribution in [-0.2, 0) is 14.3 Å². The molecule has 0 spiro atoms. The maximum absolute atomic E-state index is 11.5. The molecule has 0 bridgehead atoms. The lowest BCUT2D eigenvalue weighted by molar-refractivity contribution is -0.183. The summed E-state index contributed by atoms with van der Waals surface area (Å²) in [4.78, 5) is 13.4. The lowest BCUT2D eigenvalue weighted by Crippen LogP contribution is -2.35. The third-order valence-corrected chi connectivity index (χ3v) is 3.13. The Morgan fingerprint density at radius 1 is 1.40 bits per heavy atom. The Balaban J connectivity index is 1.74. The van der Waals surface area contributed by atoms with Crippen molar-refractivity contribution in [2.45, 2.75) is 44.9 Å². The summed E-state index contributed by atoms with van der Waals surface area (Å²) < 4.78 is 10.9. The fraction of sp³-hybridized carbons (Fsp3) is 0.909. The van der Waals surface area contributed by atoms with Gasteiger partial charge in [-0.3, -0.25) is 4.79 Å². The van der Waals surface area contributed by atoms with E-state index in [0.29, 0.717) is 12.5 Å². The van der Waals surface area contributed by atoms with E-state index >= 15 is 0 Å². The molecule has 2 heterocycles. The van der Waals surface area contributed by atoms with Crippen LogP contribution in [0.25, 0.3) is 0 Å². The van der Waals surface area contributed by atoms with E-state index in [1.807, 2.05) is 4.90 Å². The van der Waals surface area contributed by atoms with E-state index in [1.165, 1.54) is 0 Å². The quantitative estimate of drug-likeness (QED) is 0.706. The van der Waals surface area contributed by atoms with Crippen molar-refractivity contribution < 1.29 is 14.3 Å². The molecule has 2 aliphatic rings. The highest BCUT2D eigenvalue weighted by molar-refractivity contribution is 5.78. The fourth-order valence-electron chi connectivity index (χ4n) is 2.17. The van der Waals surface area contributed by atoms with Gasteiger partial charge in [0.1, 0.15) is 0 Å². The Bertz CT molecular complexity index is 226. The molecule has 86 valence electrons. The Hall–Kier alpha value is -0.610. The van der Waals surface area contributed by atoms with Crippen molar-refractivity contribution in [2.75, 3.05) is 19.8 Å². The topological polar surface area (TPSA) is 38.8 Å². The first-order valence-electron chi connectivity index (χ1n) is 5.80. The van der Waals surface area contributed by atoms with Crippen molar-refractivity contribution in [3.05, 3.63) is 0 Å². The number of likely N-dealkylation sites (tertiary alicyclic amines) is 1. The third kappa shape index (κ3) is 2.69. The molecule has 1 atom stereocenters. The number of rotatable bonds is 3. The molecular weight excluding hydrogens is 194 g/mol. The van der Waals surface area contributed by atoms with Gasteiger partial charge in [0.05, 0.1) is 13.2 Å². The van der Waals surface area contributed by atoms with Gasteiger partial charge in [-0.1, -0.05) is 0 Å². The molecule has 2 saturated heterocycles. The van der Waals surface area contributed by atoms with Crippen molar-refractivity contribution in [3.63, 3.8) is 0 Å². The maximum Gasteiger partial charge on any atom is 0.222 e. The number of carbonyl (C=O) groups is 1. The molecule has 0 aromatic heterocycles. The molecule has 0 N–H and O–H groups in total. The van der Waals surface area contributed by atoms with E-state index < -0.39 is 0 Å². The van der Waals surface area contributed by atoms with Gasteiger partial charge in [0.15, 0.2) is 6.29 Å². The zero-order chi connectivity index (χ0) is 10.7. The van der Waals surface area contributed by atoms with Crippen LogP contribution >= 0.6 is 0 Å². The molecule has 0 aromatic rings. The van der Waals surface area contributed by atoms with Crippen molar-refractivity contribution in [2.24, 2.45) is 0 Å². The van der Waals surface area contributed by atoms with Gasteiger partial charge < -0.3 is 14.4 Å². The molecule has 2 aliphatic heterocycles. The highest BCUT2D eigenvalue weighted by Gasteiger charge is 2.28. The summed E-state index contributed by atoms with van der Waals surface area (Å²) in [6, 6.07) is 0.390. The van der Waals surface area contributed by atoms with E-state index in [9.17, 15) is 4.79 Å². The molecule has 2 rings (SSSR count). The van der Waals surface area contributed by atoms with Crippen LogP contribution in [0.5, 0.6) is 0 Å². The standard InChI is InChI=1S/C11H19NO3/c1-9-3-4-10(13)12(9)6-5-11-14-7-2-8-15-11/h9,11H,2-8H2,1H3. The number of carbonyl (C=O) groups excluding carboxylic acids is 1. The third-order valence-electron chi connectivity index (χ3n) is 3.13. The fourth-order valence-corrected chi connectivity index (χ4v) is 2.17. The van der Waals surface area contributed by atoms with E-state index in [1.54, 1.807) is 0 Å². The lowest BCUT2D eigenvalue weighted by atomic mass is 10.2. The Kier molecular flexibility index (Phi) is 3.59. The van der Waals surface area contributed by atoms with Crippen LogP contribution < -0.4 is 0 Å². The van der Waals surface area contributed by atoms with Crippen LogP contribution in [0.1, 0.15) is 32.6 Å². The number of hydrogen-bond acceptors (Lipinski definition) is 3. The average molecular weight is 213 g/mol. The summed E-state index contributed by atoms with van der Waals surface area (Å²) in [5, 5.41) is 0. The SMILES string of the molecule is CC1CCC(=O)N1CCC1OCCCO1. The number of ether oxygens (including phenoxy) is 2. The second-order valence-electron chi connectivity index (χ2n) is 4.29.